The molecule has 9 nitrogen and oxygen atoms in total. The number of piperazine rings is 1. The van der Waals surface area contributed by atoms with Gasteiger partial charge in [0.25, 0.3) is 11.8 Å². The van der Waals surface area contributed by atoms with Gasteiger partial charge in [0.15, 0.2) is 11.6 Å². The molecule has 0 bridgehead atoms. The number of ether oxygens (including phenoxy) is 3. The van der Waals surface area contributed by atoms with Gasteiger partial charge >= 0.3 is 0 Å². The van der Waals surface area contributed by atoms with Crippen molar-refractivity contribution >= 4 is 5.82 Å². The van der Waals surface area contributed by atoms with E-state index in [9.17, 15) is 0 Å². The van der Waals surface area contributed by atoms with Crippen LogP contribution in [0, 0.1) is 0 Å². The van der Waals surface area contributed by atoms with Crippen molar-refractivity contribution in [2.45, 2.75) is 13.0 Å². The van der Waals surface area contributed by atoms with Crippen molar-refractivity contribution < 1.29 is 14.2 Å². The predicted molar refractivity (Wildman–Crippen MR) is 116 cm³/mol. The lowest BCUT2D eigenvalue weighted by Crippen LogP contribution is -2.51. The predicted octanol–water partition coefficient (Wildman–Crippen LogP) is 1.41. The molecule has 9 heteroatoms. The summed E-state index contributed by atoms with van der Waals surface area (Å²) in [5.74, 6) is 2.41. The molecule has 1 fully saturated rings. The zero-order chi connectivity index (χ0) is 21.3. The van der Waals surface area contributed by atoms with Crippen LogP contribution in [0.15, 0.2) is 30.7 Å². The molecular weight excluding hydrogens is 384 g/mol. The molecule has 0 N–H and O–H groups in total. The summed E-state index contributed by atoms with van der Waals surface area (Å²) in [6.07, 6.45) is 5.05. The number of aromatic nitrogens is 3. The third-order valence-corrected chi connectivity index (χ3v) is 4.84. The van der Waals surface area contributed by atoms with Crippen LogP contribution in [0.5, 0.6) is 17.5 Å². The maximum absolute atomic E-state index is 5.92. The Morgan fingerprint density at radius 2 is 1.70 bits per heavy atom. The van der Waals surface area contributed by atoms with E-state index < -0.39 is 0 Å². The Hall–Kier alpha value is -2.65. The van der Waals surface area contributed by atoms with Crippen LogP contribution < -0.4 is 19.1 Å². The first-order chi connectivity index (χ1) is 14.5. The Kier molecular flexibility index (Phi) is 8.04. The van der Waals surface area contributed by atoms with E-state index in [0.717, 1.165) is 32.0 Å². The number of anilines is 1. The van der Waals surface area contributed by atoms with Crippen LogP contribution in [0.1, 0.15) is 6.92 Å². The van der Waals surface area contributed by atoms with Gasteiger partial charge in [-0.25, -0.2) is 15.0 Å². The Morgan fingerprint density at radius 1 is 0.967 bits per heavy atom. The van der Waals surface area contributed by atoms with Gasteiger partial charge in [0.1, 0.15) is 19.8 Å². The molecule has 0 aliphatic carbocycles. The average molecular weight is 417 g/mol. The number of nitrogens with zero attached hydrogens (tertiary/aromatic N) is 6. The second-order valence-corrected chi connectivity index (χ2v) is 7.65. The Labute approximate surface area is 178 Å². The van der Waals surface area contributed by atoms with Crippen LogP contribution >= 0.6 is 0 Å². The van der Waals surface area contributed by atoms with Gasteiger partial charge in [-0.15, -0.1) is 0 Å². The Morgan fingerprint density at radius 3 is 2.50 bits per heavy atom. The van der Waals surface area contributed by atoms with Crippen molar-refractivity contribution in [3.8, 4) is 17.5 Å². The number of hydrogen-bond acceptors (Lipinski definition) is 9. The molecule has 0 spiro atoms. The van der Waals surface area contributed by atoms with Gasteiger partial charge in [0.05, 0.1) is 0 Å². The van der Waals surface area contributed by atoms with Crippen molar-refractivity contribution in [3.63, 3.8) is 0 Å². The first kappa shape index (κ1) is 22.0. The molecule has 1 aliphatic heterocycles. The third-order valence-electron chi connectivity index (χ3n) is 4.84. The summed E-state index contributed by atoms with van der Waals surface area (Å²) in [6, 6.07) is 4.01. The molecule has 3 rings (SSSR count). The number of pyridine rings is 1. The van der Waals surface area contributed by atoms with E-state index in [-0.39, 0.29) is 0 Å². The quantitative estimate of drug-likeness (QED) is 0.534. The second-order valence-electron chi connectivity index (χ2n) is 7.65. The third kappa shape index (κ3) is 6.17. The number of hydrogen-bond donors (Lipinski definition) is 0. The molecule has 3 heterocycles. The summed E-state index contributed by atoms with van der Waals surface area (Å²) in [5.41, 5.74) is 0. The minimum absolute atomic E-state index is 0.344. The van der Waals surface area contributed by atoms with Gasteiger partial charge in [0.2, 0.25) is 0 Å². The molecule has 0 amide bonds. The molecule has 1 atom stereocenters. The van der Waals surface area contributed by atoms with Crippen LogP contribution in [-0.2, 0) is 0 Å². The highest BCUT2D eigenvalue weighted by Crippen LogP contribution is 2.27. The van der Waals surface area contributed by atoms with Crippen LogP contribution in [0.25, 0.3) is 0 Å². The topological polar surface area (TPSA) is 76.1 Å². The largest absolute Gasteiger partial charge is 0.484 e. The molecule has 2 aromatic heterocycles. The lowest BCUT2D eigenvalue weighted by Gasteiger charge is -2.39. The molecular formula is C21H32N6O3. The summed E-state index contributed by atoms with van der Waals surface area (Å²) in [7, 11) is 6.14. The fourth-order valence-electron chi connectivity index (χ4n) is 3.28. The van der Waals surface area contributed by atoms with Crippen LogP contribution in [0.4, 0.5) is 5.82 Å². The van der Waals surface area contributed by atoms with Crippen molar-refractivity contribution in [1.82, 2.24) is 24.8 Å². The smallest absolute Gasteiger partial charge is 0.257 e. The van der Waals surface area contributed by atoms with Crippen LogP contribution in [0.2, 0.25) is 0 Å². The average Bonchev–Trinajstić information content (AvgIpc) is 2.72. The molecule has 0 unspecified atom stereocenters. The lowest BCUT2D eigenvalue weighted by atomic mass is 10.2. The molecule has 0 radical (unpaired) electrons. The van der Waals surface area contributed by atoms with Crippen molar-refractivity contribution in [2.75, 3.05) is 72.0 Å². The second kappa shape index (κ2) is 10.9. The minimum atomic E-state index is 0.344. The zero-order valence-electron chi connectivity index (χ0n) is 18.3. The van der Waals surface area contributed by atoms with Crippen molar-refractivity contribution in [1.29, 1.82) is 0 Å². The maximum Gasteiger partial charge on any atom is 0.257 e. The van der Waals surface area contributed by atoms with Crippen LogP contribution in [-0.4, -0.2) is 97.9 Å². The first-order valence-electron chi connectivity index (χ1n) is 10.3. The fourth-order valence-corrected chi connectivity index (χ4v) is 3.28. The molecule has 2 aromatic rings. The normalized spacial score (nSPS) is 17.2. The van der Waals surface area contributed by atoms with Crippen LogP contribution in [0.3, 0.4) is 0 Å². The Balaban J connectivity index is 1.53. The lowest BCUT2D eigenvalue weighted by molar-refractivity contribution is 0.195. The van der Waals surface area contributed by atoms with Gasteiger partial charge in [-0.05, 0) is 40.2 Å². The summed E-state index contributed by atoms with van der Waals surface area (Å²) >= 11 is 0. The summed E-state index contributed by atoms with van der Waals surface area (Å²) < 4.78 is 17.5. The van der Waals surface area contributed by atoms with Gasteiger partial charge in [-0.3, -0.25) is 0 Å². The zero-order valence-corrected chi connectivity index (χ0v) is 18.3. The first-order valence-corrected chi connectivity index (χ1v) is 10.3. The summed E-state index contributed by atoms with van der Waals surface area (Å²) in [5, 5.41) is 0. The van der Waals surface area contributed by atoms with E-state index >= 15 is 0 Å². The summed E-state index contributed by atoms with van der Waals surface area (Å²) in [6.45, 7) is 7.11. The highest BCUT2D eigenvalue weighted by Gasteiger charge is 2.25. The van der Waals surface area contributed by atoms with E-state index in [1.165, 1.54) is 0 Å². The standard InChI is InChI=1S/C21H32N6O3/c1-17-16-26(4)10-11-27(17)19-21(24-9-8-22-19)30-15-14-28-18-6-5-7-23-20(18)29-13-12-25(2)3/h5-9,17H,10-16H2,1-4H3/t17-/m1/s1. The monoisotopic (exact) mass is 416 g/mol. The molecule has 164 valence electrons. The fraction of sp³-hybridized carbons (Fsp3) is 0.571. The molecule has 0 saturated carbocycles. The minimum Gasteiger partial charge on any atom is -0.484 e. The van der Waals surface area contributed by atoms with Crippen molar-refractivity contribution in [2.24, 2.45) is 0 Å². The molecule has 0 aromatic carbocycles. The number of likely N-dealkylation sites (N-methyl/N-ethyl adjacent to an activating group) is 2. The van der Waals surface area contributed by atoms with Crippen molar-refractivity contribution in [3.05, 3.63) is 30.7 Å². The number of rotatable bonds is 10. The SMILES string of the molecule is C[C@@H]1CN(C)CCN1c1nccnc1OCCOc1cccnc1OCCN(C)C. The van der Waals surface area contributed by atoms with E-state index in [1.54, 1.807) is 18.6 Å². The van der Waals surface area contributed by atoms with E-state index in [1.807, 2.05) is 26.2 Å². The van der Waals surface area contributed by atoms with E-state index in [2.05, 4.69) is 43.6 Å². The molecule has 30 heavy (non-hydrogen) atoms. The van der Waals surface area contributed by atoms with E-state index in [0.29, 0.717) is 43.4 Å². The van der Waals surface area contributed by atoms with E-state index in [4.69, 9.17) is 14.2 Å². The van der Waals surface area contributed by atoms with Gasteiger partial charge in [-0.2, -0.15) is 0 Å². The summed E-state index contributed by atoms with van der Waals surface area (Å²) in [4.78, 5) is 19.8. The highest BCUT2D eigenvalue weighted by atomic mass is 16.5. The van der Waals surface area contributed by atoms with Gasteiger partial charge < -0.3 is 28.9 Å². The maximum atomic E-state index is 5.92. The highest BCUT2D eigenvalue weighted by molar-refractivity contribution is 5.49. The Bertz CT molecular complexity index is 791. The van der Waals surface area contributed by atoms with Gasteiger partial charge in [-0.1, -0.05) is 0 Å². The molecule has 1 saturated heterocycles. The van der Waals surface area contributed by atoms with Gasteiger partial charge in [0, 0.05) is 50.8 Å². The molecule has 1 aliphatic rings.